The molecular formula is C11H21N7O7S+2. The van der Waals surface area contributed by atoms with Crippen LogP contribution in [-0.2, 0) is 15.3 Å². The standard InChI is InChI=1S/C11H19N7O4.O3S/c1-4-2-18-8(13)15-5(3-22-9(14)19)6-10(18,11(4,20)21)17-7(12)16-6;1-4(2)3/h4-6,20-21H,2-3H2,1H3,(H7,12,13,14,15,16,17,19);/p+2/t4-,5-,6-,10-;/m0./s1. The van der Waals surface area contributed by atoms with E-state index in [1.54, 1.807) is 11.5 Å². The molecule has 15 heteroatoms. The number of nitrogens with zero attached hydrogens (tertiary/aromatic N) is 1. The van der Waals surface area contributed by atoms with E-state index >= 15 is 0 Å². The highest BCUT2D eigenvalue weighted by Crippen LogP contribution is 2.40. The van der Waals surface area contributed by atoms with E-state index in [-0.39, 0.29) is 18.5 Å². The second kappa shape index (κ2) is 6.58. The quantitative estimate of drug-likeness (QED) is 0.161. The van der Waals surface area contributed by atoms with Crippen molar-refractivity contribution in [3.63, 3.8) is 0 Å². The number of amides is 1. The second-order valence-corrected chi connectivity index (χ2v) is 6.54. The Morgan fingerprint density at radius 1 is 1.42 bits per heavy atom. The highest BCUT2D eigenvalue weighted by atomic mass is 32.2. The lowest BCUT2D eigenvalue weighted by molar-refractivity contribution is -0.674. The maximum atomic E-state index is 10.8. The van der Waals surface area contributed by atoms with Crippen molar-refractivity contribution in [3.05, 3.63) is 0 Å². The molecule has 3 rings (SSSR count). The maximum absolute atomic E-state index is 10.8. The van der Waals surface area contributed by atoms with Crippen molar-refractivity contribution >= 4 is 28.6 Å². The summed E-state index contributed by atoms with van der Waals surface area (Å²) in [6.07, 6.45) is -0.932. The van der Waals surface area contributed by atoms with Crippen LogP contribution in [0, 0.1) is 5.92 Å². The van der Waals surface area contributed by atoms with E-state index in [1.165, 1.54) is 0 Å². The summed E-state index contributed by atoms with van der Waals surface area (Å²) in [6, 6.07) is -1.17. The molecule has 14 nitrogen and oxygen atoms in total. The summed E-state index contributed by atoms with van der Waals surface area (Å²) in [6.45, 7) is 1.90. The Labute approximate surface area is 148 Å². The van der Waals surface area contributed by atoms with Crippen LogP contribution in [-0.4, -0.2) is 82.1 Å². The van der Waals surface area contributed by atoms with Gasteiger partial charge in [0.15, 0.2) is 6.04 Å². The first-order valence-corrected chi connectivity index (χ1v) is 8.41. The van der Waals surface area contributed by atoms with Gasteiger partial charge in [-0.05, 0) is 0 Å². The zero-order valence-electron chi connectivity index (χ0n) is 13.7. The van der Waals surface area contributed by atoms with Gasteiger partial charge in [0.25, 0.3) is 5.66 Å². The summed E-state index contributed by atoms with van der Waals surface area (Å²) in [4.78, 5) is 13.8. The van der Waals surface area contributed by atoms with E-state index in [9.17, 15) is 15.0 Å². The smallest absolute Gasteiger partial charge is 0.425 e. The van der Waals surface area contributed by atoms with Crippen molar-refractivity contribution in [1.29, 1.82) is 0 Å². The molecule has 146 valence electrons. The van der Waals surface area contributed by atoms with Crippen molar-refractivity contribution in [2.75, 3.05) is 13.2 Å². The lowest BCUT2D eigenvalue weighted by atomic mass is 9.84. The zero-order valence-corrected chi connectivity index (χ0v) is 14.5. The Hall–Kier alpha value is -2.65. The fourth-order valence-corrected chi connectivity index (χ4v) is 3.61. The Morgan fingerprint density at radius 2 is 2.00 bits per heavy atom. The third kappa shape index (κ3) is 2.99. The molecule has 26 heavy (non-hydrogen) atoms. The van der Waals surface area contributed by atoms with E-state index in [1.807, 2.05) is 0 Å². The van der Waals surface area contributed by atoms with Crippen LogP contribution in [0.25, 0.3) is 0 Å². The first kappa shape index (κ1) is 19.7. The number of ether oxygens (including phenoxy) is 1. The number of aliphatic hydroxyl groups is 2. The minimum atomic E-state index is -3.11. The second-order valence-electron chi connectivity index (χ2n) is 6.14. The Bertz CT molecular complexity index is 773. The van der Waals surface area contributed by atoms with Crippen LogP contribution in [0.4, 0.5) is 4.79 Å². The van der Waals surface area contributed by atoms with Gasteiger partial charge in [0, 0.05) is 5.92 Å². The summed E-state index contributed by atoms with van der Waals surface area (Å²) >= 11 is 0. The molecule has 1 saturated heterocycles. The molecule has 1 fully saturated rings. The van der Waals surface area contributed by atoms with Gasteiger partial charge < -0.3 is 20.7 Å². The van der Waals surface area contributed by atoms with Gasteiger partial charge >= 0.3 is 28.6 Å². The van der Waals surface area contributed by atoms with Crippen LogP contribution in [0.3, 0.4) is 0 Å². The molecule has 0 radical (unpaired) electrons. The van der Waals surface area contributed by atoms with Gasteiger partial charge in [-0.1, -0.05) is 6.92 Å². The molecule has 3 aliphatic heterocycles. The number of carbonyl (C=O) groups excluding carboxylic acids is 1. The van der Waals surface area contributed by atoms with Crippen LogP contribution in [0.2, 0.25) is 0 Å². The van der Waals surface area contributed by atoms with Crippen LogP contribution < -0.4 is 32.8 Å². The molecule has 11 N–H and O–H groups in total. The number of rotatable bonds is 2. The highest BCUT2D eigenvalue weighted by Gasteiger charge is 2.76. The third-order valence-electron chi connectivity index (χ3n) is 4.65. The van der Waals surface area contributed by atoms with E-state index in [4.69, 9.17) is 34.6 Å². The number of guanidine groups is 2. The van der Waals surface area contributed by atoms with Crippen LogP contribution in [0.5, 0.6) is 0 Å². The average molecular weight is 395 g/mol. The Morgan fingerprint density at radius 3 is 2.54 bits per heavy atom. The van der Waals surface area contributed by atoms with Crippen molar-refractivity contribution in [2.45, 2.75) is 30.5 Å². The zero-order chi connectivity index (χ0) is 19.9. The number of nitrogens with one attached hydrogen (secondary N) is 3. The molecule has 0 saturated carbocycles. The number of nitrogens with two attached hydrogens (primary N) is 3. The van der Waals surface area contributed by atoms with Crippen molar-refractivity contribution in [2.24, 2.45) is 23.1 Å². The van der Waals surface area contributed by atoms with Gasteiger partial charge in [0.05, 0.1) is 6.54 Å². The van der Waals surface area contributed by atoms with E-state index < -0.39 is 46.2 Å². The van der Waals surface area contributed by atoms with Crippen molar-refractivity contribution < 1.29 is 41.9 Å². The molecule has 0 bridgehead atoms. The van der Waals surface area contributed by atoms with Crippen molar-refractivity contribution in [3.8, 4) is 0 Å². The molecule has 0 aromatic heterocycles. The van der Waals surface area contributed by atoms with Gasteiger partial charge in [-0.3, -0.25) is 21.8 Å². The molecule has 0 aromatic rings. The molecule has 1 amide bonds. The first-order chi connectivity index (χ1) is 11.9. The fourth-order valence-electron chi connectivity index (χ4n) is 3.61. The molecule has 3 heterocycles. The summed E-state index contributed by atoms with van der Waals surface area (Å²) < 4.78 is 31.8. The monoisotopic (exact) mass is 395 g/mol. The lowest BCUT2D eigenvalue weighted by Crippen LogP contribution is -2.91. The van der Waals surface area contributed by atoms with E-state index in [0.29, 0.717) is 6.54 Å². The van der Waals surface area contributed by atoms with Gasteiger partial charge in [0.1, 0.15) is 12.6 Å². The number of hydrogen-bond acceptors (Lipinski definition) is 11. The largest absolute Gasteiger partial charge is 0.446 e. The molecule has 0 aromatic carbocycles. The van der Waals surface area contributed by atoms with Crippen LogP contribution in [0.1, 0.15) is 6.92 Å². The van der Waals surface area contributed by atoms with Gasteiger partial charge in [-0.15, -0.1) is 12.6 Å². The van der Waals surface area contributed by atoms with Gasteiger partial charge in [0.2, 0.25) is 5.79 Å². The number of hydrogen-bond donors (Lipinski definition) is 8. The molecule has 1 spiro atoms. The van der Waals surface area contributed by atoms with Crippen molar-refractivity contribution in [1.82, 2.24) is 10.6 Å². The minimum Gasteiger partial charge on any atom is -0.446 e. The van der Waals surface area contributed by atoms with Crippen LogP contribution >= 0.6 is 0 Å². The Balaban J connectivity index is 0.000000552. The van der Waals surface area contributed by atoms with E-state index in [0.717, 1.165) is 0 Å². The number of primary amides is 1. The molecule has 4 atom stereocenters. The summed E-state index contributed by atoms with van der Waals surface area (Å²) in [7, 11) is -3.11. The number of carbonyl (C=O) groups is 1. The molecule has 3 aliphatic rings. The maximum Gasteiger partial charge on any atom is 0.425 e. The average Bonchev–Trinajstić information content (AvgIpc) is 2.94. The minimum absolute atomic E-state index is 0.108. The normalized spacial score (nSPS) is 33.5. The summed E-state index contributed by atoms with van der Waals surface area (Å²) in [5.74, 6) is -2.19. The SMILES string of the molecule is C[C@H]1C[N+]2=C(N)N[C@@H](COC(N)=O)[C@@H]3[NH+]=C(N)N[C@@]32C1(O)O.O=S(=O)=O. The molecular weight excluding hydrogens is 374 g/mol. The highest BCUT2D eigenvalue weighted by molar-refractivity contribution is 7.59. The fraction of sp³-hybridized carbons (Fsp3) is 0.727. The third-order valence-corrected chi connectivity index (χ3v) is 4.65. The molecule has 0 unspecified atom stereocenters. The summed E-state index contributed by atoms with van der Waals surface area (Å²) in [5.41, 5.74) is 15.5. The topological polar surface area (TPSA) is 237 Å². The Kier molecular flexibility index (Phi) is 4.98. The van der Waals surface area contributed by atoms with Crippen LogP contribution in [0.15, 0.2) is 0 Å². The predicted molar refractivity (Wildman–Crippen MR) is 82.6 cm³/mol. The van der Waals surface area contributed by atoms with Gasteiger partial charge in [-0.25, -0.2) is 14.7 Å². The molecule has 0 aliphatic carbocycles. The predicted octanol–water partition coefficient (Wildman–Crippen LogP) is -7.23. The summed E-state index contributed by atoms with van der Waals surface area (Å²) in [5, 5.41) is 27.2. The lowest BCUT2D eigenvalue weighted by Gasteiger charge is -2.40. The van der Waals surface area contributed by atoms with E-state index in [2.05, 4.69) is 15.6 Å². The van der Waals surface area contributed by atoms with Gasteiger partial charge in [-0.2, -0.15) is 0 Å². The first-order valence-electron chi connectivity index (χ1n) is 7.41.